The van der Waals surface area contributed by atoms with Crippen LogP contribution < -0.4 is 10.0 Å². The lowest BCUT2D eigenvalue weighted by atomic mass is 10.2. The predicted molar refractivity (Wildman–Crippen MR) is 85.1 cm³/mol. The summed E-state index contributed by atoms with van der Waals surface area (Å²) in [6.45, 7) is 5.44. The van der Waals surface area contributed by atoms with Gasteiger partial charge in [-0.05, 0) is 30.2 Å². The van der Waals surface area contributed by atoms with Gasteiger partial charge in [0.1, 0.15) is 0 Å². The average molecular weight is 335 g/mol. The van der Waals surface area contributed by atoms with Crippen LogP contribution in [0.5, 0.6) is 0 Å². The maximum atomic E-state index is 12.2. The van der Waals surface area contributed by atoms with Crippen LogP contribution in [-0.4, -0.2) is 34.7 Å². The van der Waals surface area contributed by atoms with Crippen LogP contribution in [-0.2, 0) is 21.3 Å². The molecular formula is C14H23ClN2O3S. The number of halogens is 1. The van der Waals surface area contributed by atoms with Crippen LogP contribution in [0.15, 0.2) is 23.1 Å². The molecule has 0 aliphatic carbocycles. The number of methoxy groups -OCH3 is 1. The molecule has 0 aromatic heterocycles. The third-order valence-corrected chi connectivity index (χ3v) is 4.67. The molecule has 1 aromatic rings. The maximum absolute atomic E-state index is 12.2. The molecule has 0 fully saturated rings. The molecular weight excluding hydrogens is 312 g/mol. The molecule has 1 rings (SSSR count). The molecule has 2 N–H and O–H groups in total. The maximum Gasteiger partial charge on any atom is 0.240 e. The van der Waals surface area contributed by atoms with Crippen LogP contribution >= 0.6 is 11.6 Å². The average Bonchev–Trinajstić information content (AvgIpc) is 2.42. The van der Waals surface area contributed by atoms with Crippen molar-refractivity contribution in [3.63, 3.8) is 0 Å². The monoisotopic (exact) mass is 334 g/mol. The zero-order chi connectivity index (χ0) is 15.9. The second-order valence-electron chi connectivity index (χ2n) is 5.03. The summed E-state index contributed by atoms with van der Waals surface area (Å²) < 4.78 is 31.8. The SMILES string of the molecule is COCCCNS(=O)(=O)c1ccc(Cl)c(CNC(C)C)c1. The number of nitrogens with one attached hydrogen (secondary N) is 2. The fourth-order valence-electron chi connectivity index (χ4n) is 1.67. The van der Waals surface area contributed by atoms with E-state index in [1.54, 1.807) is 19.2 Å². The molecule has 0 atom stereocenters. The molecule has 7 heteroatoms. The van der Waals surface area contributed by atoms with Gasteiger partial charge < -0.3 is 10.1 Å². The summed E-state index contributed by atoms with van der Waals surface area (Å²) in [5.74, 6) is 0. The normalized spacial score (nSPS) is 12.0. The summed E-state index contributed by atoms with van der Waals surface area (Å²) in [6.07, 6.45) is 0.630. The van der Waals surface area contributed by atoms with Crippen molar-refractivity contribution >= 4 is 21.6 Å². The predicted octanol–water partition coefficient (Wildman–Crippen LogP) is 2.15. The molecule has 0 bridgehead atoms. The van der Waals surface area contributed by atoms with Crippen molar-refractivity contribution in [2.75, 3.05) is 20.3 Å². The number of hydrogen-bond acceptors (Lipinski definition) is 4. The molecule has 5 nitrogen and oxygen atoms in total. The highest BCUT2D eigenvalue weighted by atomic mass is 35.5. The van der Waals surface area contributed by atoms with Gasteiger partial charge in [-0.15, -0.1) is 0 Å². The van der Waals surface area contributed by atoms with Crippen LogP contribution in [0.3, 0.4) is 0 Å². The van der Waals surface area contributed by atoms with E-state index in [9.17, 15) is 8.42 Å². The number of rotatable bonds is 9. The van der Waals surface area contributed by atoms with Crippen LogP contribution in [0, 0.1) is 0 Å². The summed E-state index contributed by atoms with van der Waals surface area (Å²) in [4.78, 5) is 0.227. The molecule has 0 saturated heterocycles. The van der Waals surface area contributed by atoms with Crippen molar-refractivity contribution in [3.05, 3.63) is 28.8 Å². The number of hydrogen-bond donors (Lipinski definition) is 2. The van der Waals surface area contributed by atoms with Gasteiger partial charge in [0, 0.05) is 37.9 Å². The molecule has 0 amide bonds. The van der Waals surface area contributed by atoms with Gasteiger partial charge in [0.05, 0.1) is 4.90 Å². The molecule has 0 saturated carbocycles. The van der Waals surface area contributed by atoms with Crippen LogP contribution in [0.2, 0.25) is 5.02 Å². The Morgan fingerprint density at radius 2 is 2.05 bits per heavy atom. The molecule has 0 unspecified atom stereocenters. The summed E-state index contributed by atoms with van der Waals surface area (Å²) >= 11 is 6.10. The van der Waals surface area contributed by atoms with Gasteiger partial charge in [0.25, 0.3) is 0 Å². The molecule has 1 aromatic carbocycles. The van der Waals surface area contributed by atoms with E-state index in [1.807, 2.05) is 13.8 Å². The van der Waals surface area contributed by atoms with E-state index >= 15 is 0 Å². The molecule has 0 heterocycles. The Balaban J connectivity index is 2.79. The van der Waals surface area contributed by atoms with Crippen LogP contribution in [0.4, 0.5) is 0 Å². The van der Waals surface area contributed by atoms with Crippen LogP contribution in [0.1, 0.15) is 25.8 Å². The van der Waals surface area contributed by atoms with Gasteiger partial charge in [0.2, 0.25) is 10.0 Å². The first kappa shape index (κ1) is 18.4. The Kier molecular flexibility index (Phi) is 7.62. The minimum absolute atomic E-state index is 0.227. The summed E-state index contributed by atoms with van der Waals surface area (Å²) in [6, 6.07) is 5.03. The largest absolute Gasteiger partial charge is 0.385 e. The fourth-order valence-corrected chi connectivity index (χ4v) is 2.98. The van der Waals surface area contributed by atoms with E-state index < -0.39 is 10.0 Å². The van der Waals surface area contributed by atoms with Gasteiger partial charge in [-0.1, -0.05) is 25.4 Å². The van der Waals surface area contributed by atoms with Crippen molar-refractivity contribution in [1.29, 1.82) is 0 Å². The highest BCUT2D eigenvalue weighted by molar-refractivity contribution is 7.89. The second kappa shape index (κ2) is 8.70. The molecule has 120 valence electrons. The van der Waals surface area contributed by atoms with Gasteiger partial charge in [-0.2, -0.15) is 0 Å². The highest BCUT2D eigenvalue weighted by Gasteiger charge is 2.15. The van der Waals surface area contributed by atoms with E-state index in [1.165, 1.54) is 6.07 Å². The Labute approximate surface area is 132 Å². The Morgan fingerprint density at radius 3 is 2.67 bits per heavy atom. The molecule has 0 spiro atoms. The van der Waals surface area contributed by atoms with E-state index in [2.05, 4.69) is 10.0 Å². The van der Waals surface area contributed by atoms with Crippen molar-refractivity contribution < 1.29 is 13.2 Å². The summed E-state index contributed by atoms with van der Waals surface area (Å²) in [5, 5.41) is 3.78. The highest BCUT2D eigenvalue weighted by Crippen LogP contribution is 2.20. The topological polar surface area (TPSA) is 67.4 Å². The molecule has 21 heavy (non-hydrogen) atoms. The van der Waals surface area contributed by atoms with E-state index in [0.29, 0.717) is 37.2 Å². The second-order valence-corrected chi connectivity index (χ2v) is 7.21. The minimum Gasteiger partial charge on any atom is -0.385 e. The smallest absolute Gasteiger partial charge is 0.240 e. The van der Waals surface area contributed by atoms with Crippen molar-refractivity contribution in [2.45, 2.75) is 37.8 Å². The molecule has 0 aliphatic heterocycles. The van der Waals surface area contributed by atoms with E-state index in [0.717, 1.165) is 5.56 Å². The van der Waals surface area contributed by atoms with E-state index in [-0.39, 0.29) is 4.90 Å². The Morgan fingerprint density at radius 1 is 1.33 bits per heavy atom. The van der Waals surface area contributed by atoms with Crippen molar-refractivity contribution in [3.8, 4) is 0 Å². The first-order valence-corrected chi connectivity index (χ1v) is 8.73. The first-order chi connectivity index (χ1) is 9.86. The van der Waals surface area contributed by atoms with Gasteiger partial charge >= 0.3 is 0 Å². The number of sulfonamides is 1. The number of ether oxygens (including phenoxy) is 1. The zero-order valence-corrected chi connectivity index (χ0v) is 14.2. The summed E-state index contributed by atoms with van der Waals surface area (Å²) in [7, 11) is -1.93. The van der Waals surface area contributed by atoms with Gasteiger partial charge in [-0.25, -0.2) is 13.1 Å². The molecule has 0 aliphatic rings. The van der Waals surface area contributed by atoms with Gasteiger partial charge in [-0.3, -0.25) is 0 Å². The lowest BCUT2D eigenvalue weighted by Crippen LogP contribution is -2.26. The quantitative estimate of drug-likeness (QED) is 0.679. The Bertz CT molecular complexity index is 547. The fraction of sp³-hybridized carbons (Fsp3) is 0.571. The lowest BCUT2D eigenvalue weighted by Gasteiger charge is -2.12. The van der Waals surface area contributed by atoms with Crippen molar-refractivity contribution in [2.24, 2.45) is 0 Å². The standard InChI is InChI=1S/C14H23ClN2O3S/c1-11(2)16-10-12-9-13(5-6-14(12)15)21(18,19)17-7-4-8-20-3/h5-6,9,11,16-17H,4,7-8,10H2,1-3H3. The lowest BCUT2D eigenvalue weighted by molar-refractivity contribution is 0.196. The third-order valence-electron chi connectivity index (χ3n) is 2.85. The van der Waals surface area contributed by atoms with Crippen LogP contribution in [0.25, 0.3) is 0 Å². The zero-order valence-electron chi connectivity index (χ0n) is 12.6. The van der Waals surface area contributed by atoms with Gasteiger partial charge in [0.15, 0.2) is 0 Å². The van der Waals surface area contributed by atoms with Crippen molar-refractivity contribution in [1.82, 2.24) is 10.0 Å². The van der Waals surface area contributed by atoms with E-state index in [4.69, 9.17) is 16.3 Å². The first-order valence-electron chi connectivity index (χ1n) is 6.87. The third kappa shape index (κ3) is 6.32. The minimum atomic E-state index is -3.51. The number of benzene rings is 1. The summed E-state index contributed by atoms with van der Waals surface area (Å²) in [5.41, 5.74) is 0.769. The molecule has 0 radical (unpaired) electrons. The Hall–Kier alpha value is -0.660.